The van der Waals surface area contributed by atoms with Crippen molar-refractivity contribution in [2.24, 2.45) is 34.5 Å². The molecule has 0 radical (unpaired) electrons. The number of aryl methyl sites for hydroxylation is 1. The summed E-state index contributed by atoms with van der Waals surface area (Å²) in [6.45, 7) is 11.6. The molecule has 0 saturated heterocycles. The molecule has 234 valence electrons. The Bertz CT molecular complexity index is 1460. The second-order valence-corrected chi connectivity index (χ2v) is 14.5. The van der Waals surface area contributed by atoms with Gasteiger partial charge in [0.05, 0.1) is 17.2 Å². The Hall–Kier alpha value is -2.97. The van der Waals surface area contributed by atoms with Gasteiger partial charge in [-0.2, -0.15) is 0 Å². The number of hydrogen-bond acceptors (Lipinski definition) is 8. The number of phenols is 1. The van der Waals surface area contributed by atoms with Crippen molar-refractivity contribution in [2.45, 2.75) is 105 Å². The Morgan fingerprint density at radius 3 is 2.19 bits per heavy atom. The number of Topliss-reactive ketones (excluding diaryl/α,β-unsaturated/α-hetero) is 3. The van der Waals surface area contributed by atoms with Crippen molar-refractivity contribution < 1.29 is 39.9 Å². The number of allylic oxidation sites excluding steroid dienone is 1. The largest absolute Gasteiger partial charge is 0.511 e. The molecule has 0 amide bonds. The maximum absolute atomic E-state index is 14.4. The zero-order valence-electron chi connectivity index (χ0n) is 26.3. The van der Waals surface area contributed by atoms with E-state index >= 15 is 0 Å². The smallest absolute Gasteiger partial charge is 0.209 e. The molecular weight excluding hydrogens is 548 g/mol. The first kappa shape index (κ1) is 31.5. The molecule has 1 aromatic rings. The first-order chi connectivity index (χ1) is 20.0. The van der Waals surface area contributed by atoms with E-state index in [1.54, 1.807) is 33.8 Å². The minimum absolute atomic E-state index is 0.00505. The number of hydrogen-bond donors (Lipinski definition) is 5. The zero-order valence-corrected chi connectivity index (χ0v) is 26.3. The van der Waals surface area contributed by atoms with Gasteiger partial charge in [0, 0.05) is 16.7 Å². The molecule has 4 aliphatic carbocycles. The maximum Gasteiger partial charge on any atom is 0.209 e. The van der Waals surface area contributed by atoms with E-state index in [1.807, 2.05) is 6.07 Å². The van der Waals surface area contributed by atoms with E-state index in [-0.39, 0.29) is 16.9 Å². The first-order valence-electron chi connectivity index (χ1n) is 15.7. The molecule has 0 heterocycles. The number of fused-ring (bicyclic) bond motifs is 3. The van der Waals surface area contributed by atoms with Gasteiger partial charge in [0.25, 0.3) is 0 Å². The molecule has 5 rings (SSSR count). The fourth-order valence-electron chi connectivity index (χ4n) is 9.16. The molecule has 1 aromatic carbocycles. The topological polar surface area (TPSA) is 152 Å². The fraction of sp³-hybridized carbons (Fsp3) is 0.629. The van der Waals surface area contributed by atoms with Crippen LogP contribution in [-0.4, -0.2) is 54.6 Å². The standard InChI is InChI=1S/C35H46O8/c1-16(2)25-28(38)23(19(5)36)30(40)35(43)31(41)26-29(39)24-22(18(4)33(26,6)32(42)34(25,35)7)15-14-21(27(24)37)13-12-20-10-8-17(3)9-11-20/h14-18,20,25,32,37-38,41-43H,8-13H2,1-7H3/t17?,18-,20?,25?,32-,33+,34+,35+/m1/s1. The monoisotopic (exact) mass is 594 g/mol. The van der Waals surface area contributed by atoms with Gasteiger partial charge in [-0.1, -0.05) is 79.4 Å². The average Bonchev–Trinajstić information content (AvgIpc) is 2.93. The van der Waals surface area contributed by atoms with Crippen molar-refractivity contribution in [3.63, 3.8) is 0 Å². The molecule has 5 N–H and O–H groups in total. The van der Waals surface area contributed by atoms with E-state index in [0.717, 1.165) is 32.1 Å². The lowest BCUT2D eigenvalue weighted by Crippen LogP contribution is -2.73. The van der Waals surface area contributed by atoms with Crippen LogP contribution in [0, 0.1) is 34.5 Å². The third kappa shape index (κ3) is 3.98. The molecule has 8 heteroatoms. The number of phenolic OH excluding ortho intramolecular Hbond substituents is 1. The van der Waals surface area contributed by atoms with Crippen molar-refractivity contribution >= 4 is 17.3 Å². The van der Waals surface area contributed by atoms with Crippen molar-refractivity contribution in [1.82, 2.24) is 0 Å². The number of aliphatic hydroxyl groups excluding tert-OH is 3. The molecule has 0 aliphatic heterocycles. The molecule has 0 aromatic heterocycles. The van der Waals surface area contributed by atoms with Crippen LogP contribution in [0.4, 0.5) is 0 Å². The van der Waals surface area contributed by atoms with Gasteiger partial charge in [-0.15, -0.1) is 0 Å². The highest BCUT2D eigenvalue weighted by molar-refractivity contribution is 6.25. The van der Waals surface area contributed by atoms with E-state index in [4.69, 9.17) is 0 Å². The molecule has 4 aliphatic rings. The quantitative estimate of drug-likeness (QED) is 0.275. The summed E-state index contributed by atoms with van der Waals surface area (Å²) < 4.78 is 0. The molecule has 1 saturated carbocycles. The van der Waals surface area contributed by atoms with E-state index in [2.05, 4.69) is 6.92 Å². The van der Waals surface area contributed by atoms with Crippen LogP contribution in [0.2, 0.25) is 0 Å². The predicted octanol–water partition coefficient (Wildman–Crippen LogP) is 5.64. The Morgan fingerprint density at radius 1 is 1.02 bits per heavy atom. The third-order valence-corrected chi connectivity index (χ3v) is 11.9. The maximum atomic E-state index is 14.4. The zero-order chi connectivity index (χ0) is 32.0. The van der Waals surface area contributed by atoms with Gasteiger partial charge in [0.2, 0.25) is 5.78 Å². The van der Waals surface area contributed by atoms with E-state index in [0.29, 0.717) is 23.5 Å². The van der Waals surface area contributed by atoms with Crippen molar-refractivity contribution in [3.05, 3.63) is 51.5 Å². The minimum Gasteiger partial charge on any atom is -0.511 e. The van der Waals surface area contributed by atoms with Crippen LogP contribution in [0.3, 0.4) is 0 Å². The van der Waals surface area contributed by atoms with Crippen LogP contribution in [0.15, 0.2) is 34.8 Å². The third-order valence-electron chi connectivity index (χ3n) is 11.9. The number of benzene rings is 1. The Morgan fingerprint density at radius 2 is 1.63 bits per heavy atom. The summed E-state index contributed by atoms with van der Waals surface area (Å²) in [5.41, 5.74) is -6.19. The van der Waals surface area contributed by atoms with Crippen molar-refractivity contribution in [3.8, 4) is 5.75 Å². The van der Waals surface area contributed by atoms with Crippen LogP contribution in [0.1, 0.15) is 108 Å². The van der Waals surface area contributed by atoms with Gasteiger partial charge >= 0.3 is 0 Å². The van der Waals surface area contributed by atoms with Gasteiger partial charge in [0.15, 0.2) is 17.2 Å². The second-order valence-electron chi connectivity index (χ2n) is 14.5. The number of aromatic hydroxyl groups is 1. The number of aliphatic hydroxyl groups is 4. The molecular formula is C35H46O8. The van der Waals surface area contributed by atoms with Crippen molar-refractivity contribution in [2.75, 3.05) is 0 Å². The number of ketones is 3. The van der Waals surface area contributed by atoms with Crippen LogP contribution in [-0.2, 0) is 16.0 Å². The number of carbonyl (C=O) groups excluding carboxylic acids is 3. The van der Waals surface area contributed by atoms with Crippen molar-refractivity contribution in [1.29, 1.82) is 0 Å². The Kier molecular flexibility index (Phi) is 7.53. The highest BCUT2D eigenvalue weighted by Gasteiger charge is 2.76. The molecule has 0 bridgehead atoms. The van der Waals surface area contributed by atoms with Crippen LogP contribution >= 0.6 is 0 Å². The molecule has 1 unspecified atom stereocenters. The molecule has 6 atom stereocenters. The van der Waals surface area contributed by atoms with E-state index in [9.17, 15) is 39.9 Å². The fourth-order valence-corrected chi connectivity index (χ4v) is 9.16. The van der Waals surface area contributed by atoms with E-state index in [1.165, 1.54) is 19.8 Å². The number of rotatable bonds is 5. The minimum atomic E-state index is -2.87. The Balaban J connectivity index is 1.68. The molecule has 43 heavy (non-hydrogen) atoms. The molecule has 0 spiro atoms. The predicted molar refractivity (Wildman–Crippen MR) is 161 cm³/mol. The first-order valence-corrected chi connectivity index (χ1v) is 15.7. The summed E-state index contributed by atoms with van der Waals surface area (Å²) in [4.78, 5) is 40.8. The lowest BCUT2D eigenvalue weighted by atomic mass is 9.41. The summed E-state index contributed by atoms with van der Waals surface area (Å²) in [5, 5.41) is 59.2. The highest BCUT2D eigenvalue weighted by atomic mass is 16.4. The average molecular weight is 595 g/mol. The highest BCUT2D eigenvalue weighted by Crippen LogP contribution is 2.67. The normalized spacial score (nSPS) is 37.8. The molecule has 8 nitrogen and oxygen atoms in total. The molecule has 1 fully saturated rings. The lowest BCUT2D eigenvalue weighted by Gasteiger charge is -2.63. The SMILES string of the molecule is CC(=O)C1=C(O)C(C(C)C)[C@@]2(C)[C@H](O)[C@]3(C)C(=C(O)[C@@]2(O)C1=O)C(=O)c1c(ccc(CCC2CCC(C)CC2)c1O)[C@H]3C. The summed E-state index contributed by atoms with van der Waals surface area (Å²) in [6.07, 6.45) is 4.46. The Labute approximate surface area is 253 Å². The summed E-state index contributed by atoms with van der Waals surface area (Å²) in [6, 6.07) is 3.62. The lowest BCUT2D eigenvalue weighted by molar-refractivity contribution is -0.211. The van der Waals surface area contributed by atoms with Gasteiger partial charge < -0.3 is 25.5 Å². The van der Waals surface area contributed by atoms with Crippen LogP contribution < -0.4 is 0 Å². The summed E-state index contributed by atoms with van der Waals surface area (Å²) >= 11 is 0. The summed E-state index contributed by atoms with van der Waals surface area (Å²) in [7, 11) is 0. The van der Waals surface area contributed by atoms with Crippen LogP contribution in [0.5, 0.6) is 5.75 Å². The van der Waals surface area contributed by atoms with Gasteiger partial charge in [-0.3, -0.25) is 14.4 Å². The summed E-state index contributed by atoms with van der Waals surface area (Å²) in [5.74, 6) is -5.45. The second kappa shape index (κ2) is 10.3. The van der Waals surface area contributed by atoms with Gasteiger partial charge in [0.1, 0.15) is 22.8 Å². The van der Waals surface area contributed by atoms with E-state index < -0.39 is 74.7 Å². The van der Waals surface area contributed by atoms with Gasteiger partial charge in [-0.05, 0) is 54.6 Å². The van der Waals surface area contributed by atoms with Crippen LogP contribution in [0.25, 0.3) is 0 Å². The number of carbonyl (C=O) groups is 3. The van der Waals surface area contributed by atoms with Gasteiger partial charge in [-0.25, -0.2) is 0 Å².